The zero-order chi connectivity index (χ0) is 21.6. The lowest BCUT2D eigenvalue weighted by Crippen LogP contribution is -2.61. The fourth-order valence-electron chi connectivity index (χ4n) is 3.15. The quantitative estimate of drug-likeness (QED) is 0.673. The Morgan fingerprint density at radius 3 is 2.34 bits per heavy atom. The minimum absolute atomic E-state index is 0.254. The van der Waals surface area contributed by atoms with Crippen LogP contribution in [-0.2, 0) is 21.7 Å². The van der Waals surface area contributed by atoms with Crippen LogP contribution in [0.5, 0.6) is 5.75 Å². The van der Waals surface area contributed by atoms with E-state index in [0.29, 0.717) is 11.3 Å². The van der Waals surface area contributed by atoms with E-state index in [2.05, 4.69) is 0 Å². The molecule has 2 amide bonds. The van der Waals surface area contributed by atoms with E-state index < -0.39 is 46.2 Å². The number of aromatic amines is 1. The molecule has 0 bridgehead atoms. The molecule has 1 atom stereocenters. The number of aromatic nitrogens is 2. The van der Waals surface area contributed by atoms with Gasteiger partial charge >= 0.3 is 11.9 Å². The minimum Gasteiger partial charge on any atom is -0.497 e. The van der Waals surface area contributed by atoms with Gasteiger partial charge in [-0.2, -0.15) is 13.2 Å². The number of alkyl halides is 3. The van der Waals surface area contributed by atoms with Crippen LogP contribution in [0.25, 0.3) is 0 Å². The molecule has 9 nitrogen and oxygen atoms in total. The number of rotatable bonds is 4. The van der Waals surface area contributed by atoms with Gasteiger partial charge in [-0.3, -0.25) is 23.9 Å². The molecule has 0 radical (unpaired) electrons. The third kappa shape index (κ3) is 3.15. The Hall–Kier alpha value is -3.57. The van der Waals surface area contributed by atoms with E-state index in [9.17, 15) is 32.3 Å². The number of amides is 2. The number of carbonyl (C=O) groups excluding carboxylic acids is 2. The van der Waals surface area contributed by atoms with Crippen LogP contribution in [-0.4, -0.2) is 34.7 Å². The van der Waals surface area contributed by atoms with Gasteiger partial charge in [0.2, 0.25) is 11.4 Å². The highest BCUT2D eigenvalue weighted by atomic mass is 19.4. The summed E-state index contributed by atoms with van der Waals surface area (Å²) in [7, 11) is 1.45. The lowest BCUT2D eigenvalue weighted by atomic mass is 9.92. The Kier molecular flexibility index (Phi) is 4.73. The highest BCUT2D eigenvalue weighted by Gasteiger charge is 2.68. The van der Waals surface area contributed by atoms with Gasteiger partial charge in [-0.05, 0) is 17.7 Å². The molecule has 0 aliphatic carbocycles. The number of methoxy groups -OCH3 is 1. The zero-order valence-corrected chi connectivity index (χ0v) is 15.1. The van der Waals surface area contributed by atoms with E-state index in [0.717, 1.165) is 11.5 Å². The van der Waals surface area contributed by atoms with Crippen LogP contribution in [0.3, 0.4) is 0 Å². The van der Waals surface area contributed by atoms with Gasteiger partial charge in [0.25, 0.3) is 11.5 Å². The predicted molar refractivity (Wildman–Crippen MR) is 93.6 cm³/mol. The van der Waals surface area contributed by atoms with Gasteiger partial charge in [0.1, 0.15) is 17.1 Å². The summed E-state index contributed by atoms with van der Waals surface area (Å²) in [5.41, 5.74) is -6.68. The van der Waals surface area contributed by atoms with Gasteiger partial charge in [0, 0.05) is 6.92 Å². The molecule has 12 heteroatoms. The number of fused-ring (bicyclic) bond motifs is 1. The highest BCUT2D eigenvalue weighted by molar-refractivity contribution is 6.07. The number of hydrogen-bond donors (Lipinski definition) is 3. The maximum Gasteiger partial charge on any atom is 0.425 e. The van der Waals surface area contributed by atoms with E-state index in [1.807, 2.05) is 5.32 Å². The number of hydrogen-bond acceptors (Lipinski definition) is 5. The molecule has 0 saturated carbocycles. The van der Waals surface area contributed by atoms with Gasteiger partial charge < -0.3 is 15.4 Å². The summed E-state index contributed by atoms with van der Waals surface area (Å²) in [5.74, 6) is -2.99. The van der Waals surface area contributed by atoms with Crippen molar-refractivity contribution in [2.75, 3.05) is 12.4 Å². The molecule has 0 fully saturated rings. The summed E-state index contributed by atoms with van der Waals surface area (Å²) in [5, 5.41) is 3.48. The molecule has 3 N–H and O–H groups in total. The smallest absolute Gasteiger partial charge is 0.425 e. The van der Waals surface area contributed by atoms with Gasteiger partial charge in [0.05, 0.1) is 13.7 Å². The van der Waals surface area contributed by atoms with Crippen molar-refractivity contribution in [2.24, 2.45) is 0 Å². The fourth-order valence-corrected chi connectivity index (χ4v) is 3.15. The second-order valence-electron chi connectivity index (χ2n) is 6.30. The SMILES string of the molecule is COc1ccc(Cn2c3c(c(=O)[nH]c2=O)C(NC(C)=O)(C(F)(F)F)C(=O)N3)cc1. The van der Waals surface area contributed by atoms with Gasteiger partial charge in [0.15, 0.2) is 0 Å². The molecule has 29 heavy (non-hydrogen) atoms. The van der Waals surface area contributed by atoms with Crippen LogP contribution in [0.1, 0.15) is 18.1 Å². The molecule has 1 unspecified atom stereocenters. The maximum atomic E-state index is 13.9. The first-order chi connectivity index (χ1) is 13.5. The Labute approximate surface area is 160 Å². The Morgan fingerprint density at radius 2 is 1.83 bits per heavy atom. The number of nitrogens with one attached hydrogen (secondary N) is 3. The van der Waals surface area contributed by atoms with Crippen molar-refractivity contribution in [3.05, 3.63) is 56.2 Å². The summed E-state index contributed by atoms with van der Waals surface area (Å²) in [6.45, 7) is 0.524. The Bertz CT molecular complexity index is 1100. The molecule has 1 aromatic heterocycles. The third-order valence-electron chi connectivity index (χ3n) is 4.44. The minimum atomic E-state index is -5.34. The normalized spacial score (nSPS) is 18.2. The number of nitrogens with zero attached hydrogens (tertiary/aromatic N) is 1. The van der Waals surface area contributed by atoms with Crippen molar-refractivity contribution in [1.82, 2.24) is 14.9 Å². The molecule has 154 valence electrons. The topological polar surface area (TPSA) is 122 Å². The van der Waals surface area contributed by atoms with E-state index in [1.54, 1.807) is 29.2 Å². The third-order valence-corrected chi connectivity index (χ3v) is 4.44. The fraction of sp³-hybridized carbons (Fsp3) is 0.294. The van der Waals surface area contributed by atoms with Crippen LogP contribution in [0, 0.1) is 0 Å². The van der Waals surface area contributed by atoms with Crippen LogP contribution in [0.15, 0.2) is 33.9 Å². The van der Waals surface area contributed by atoms with Crippen LogP contribution in [0.2, 0.25) is 0 Å². The monoisotopic (exact) mass is 412 g/mol. The average Bonchev–Trinajstić information content (AvgIpc) is 2.92. The number of ether oxygens (including phenoxy) is 1. The van der Waals surface area contributed by atoms with Crippen molar-refractivity contribution in [2.45, 2.75) is 25.2 Å². The van der Waals surface area contributed by atoms with Gasteiger partial charge in [-0.25, -0.2) is 4.79 Å². The summed E-state index contributed by atoms with van der Waals surface area (Å²) in [6.07, 6.45) is -5.34. The van der Waals surface area contributed by atoms with Crippen molar-refractivity contribution in [1.29, 1.82) is 0 Å². The van der Waals surface area contributed by atoms with E-state index >= 15 is 0 Å². The lowest BCUT2D eigenvalue weighted by molar-refractivity contribution is -0.200. The zero-order valence-electron chi connectivity index (χ0n) is 15.1. The van der Waals surface area contributed by atoms with Crippen molar-refractivity contribution in [3.8, 4) is 5.75 Å². The standard InChI is InChI=1S/C17H15F3N4O5/c1-8(25)23-16(17(18,19)20)11-12(21-14(16)27)24(15(28)22-13(11)26)7-9-3-5-10(29-2)6-4-9/h3-6H,7H2,1-2H3,(H,21,27)(H,23,25)(H,22,26,28). The molecule has 1 aliphatic rings. The first-order valence-electron chi connectivity index (χ1n) is 8.18. The predicted octanol–water partition coefficient (Wildman–Crippen LogP) is 0.439. The second kappa shape index (κ2) is 6.79. The van der Waals surface area contributed by atoms with Crippen LogP contribution >= 0.6 is 0 Å². The molecular formula is C17H15F3N4O5. The molecule has 1 aromatic carbocycles. The lowest BCUT2D eigenvalue weighted by Gasteiger charge is -2.29. The molecule has 1 aliphatic heterocycles. The molecule has 2 heterocycles. The Balaban J connectivity index is 2.23. The van der Waals surface area contributed by atoms with Crippen molar-refractivity contribution >= 4 is 17.6 Å². The maximum absolute atomic E-state index is 13.9. The van der Waals surface area contributed by atoms with E-state index in [4.69, 9.17) is 4.74 Å². The Morgan fingerprint density at radius 1 is 1.21 bits per heavy atom. The van der Waals surface area contributed by atoms with Gasteiger partial charge in [-0.1, -0.05) is 12.1 Å². The molecule has 0 saturated heterocycles. The van der Waals surface area contributed by atoms with Crippen molar-refractivity contribution < 1.29 is 27.5 Å². The van der Waals surface area contributed by atoms with E-state index in [1.165, 1.54) is 12.4 Å². The summed E-state index contributed by atoms with van der Waals surface area (Å²) >= 11 is 0. The van der Waals surface area contributed by atoms with E-state index in [-0.39, 0.29) is 6.54 Å². The van der Waals surface area contributed by atoms with Crippen LogP contribution in [0.4, 0.5) is 19.0 Å². The number of carbonyl (C=O) groups is 2. The molecule has 0 spiro atoms. The summed E-state index contributed by atoms with van der Waals surface area (Å²) in [6, 6.07) is 6.26. The highest BCUT2D eigenvalue weighted by Crippen LogP contribution is 2.44. The van der Waals surface area contributed by atoms with Gasteiger partial charge in [-0.15, -0.1) is 0 Å². The molecular weight excluding hydrogens is 397 g/mol. The summed E-state index contributed by atoms with van der Waals surface area (Å²) < 4.78 is 47.5. The molecule has 2 aromatic rings. The first kappa shape index (κ1) is 20.2. The second-order valence-corrected chi connectivity index (χ2v) is 6.30. The summed E-state index contributed by atoms with van der Waals surface area (Å²) in [4.78, 5) is 50.1. The largest absolute Gasteiger partial charge is 0.497 e. The average molecular weight is 412 g/mol. The number of H-pyrrole nitrogens is 1. The van der Waals surface area contributed by atoms with Crippen molar-refractivity contribution in [3.63, 3.8) is 0 Å². The molecule has 3 rings (SSSR count). The first-order valence-corrected chi connectivity index (χ1v) is 8.18. The number of halogens is 3. The number of benzene rings is 1. The van der Waals surface area contributed by atoms with Crippen LogP contribution < -0.4 is 26.6 Å². The number of anilines is 1.